The maximum Gasteiger partial charge on any atom is 0.224 e. The van der Waals surface area contributed by atoms with Crippen LogP contribution in [0, 0.1) is 33.5 Å². The lowest BCUT2D eigenvalue weighted by Crippen LogP contribution is -2.46. The summed E-state index contributed by atoms with van der Waals surface area (Å²) in [6.07, 6.45) is 10.8. The first-order chi connectivity index (χ1) is 26.9. The number of aromatic nitrogens is 7. The quantitative estimate of drug-likeness (QED) is 0.0730. The van der Waals surface area contributed by atoms with E-state index in [0.29, 0.717) is 73.4 Å². The van der Waals surface area contributed by atoms with Crippen molar-refractivity contribution in [2.24, 2.45) is 10.8 Å². The number of hydrogen-bond donors (Lipinski definition) is 8. The molecular formula is C41H51N13O2. The van der Waals surface area contributed by atoms with Gasteiger partial charge in [-0.1, -0.05) is 39.8 Å². The SMILES string of the molecule is CC1(C)C[C@H](Nc2nc(NCCc3ccc(C4C[C@@H](Nc5nc(NCCc6ccn[nH]6)ncc5C#N)CC(C)(C)[C@H]4O)c4cc[nH]c34)ncc2C#N)CC[C@@H]1O. The number of nitrogens with one attached hydrogen (secondary N) is 6. The highest BCUT2D eigenvalue weighted by Gasteiger charge is 2.43. The fourth-order valence-corrected chi connectivity index (χ4v) is 8.49. The third-order valence-electron chi connectivity index (χ3n) is 11.6. The molecule has 0 radical (unpaired) electrons. The first-order valence-electron chi connectivity index (χ1n) is 19.4. The molecule has 1 unspecified atom stereocenters. The lowest BCUT2D eigenvalue weighted by Gasteiger charge is -2.45. The number of anilines is 4. The topological polar surface area (TPSA) is 232 Å². The number of H-pyrrole nitrogens is 2. The number of benzene rings is 1. The van der Waals surface area contributed by atoms with Crippen molar-refractivity contribution < 1.29 is 10.2 Å². The molecular weight excluding hydrogens is 707 g/mol. The van der Waals surface area contributed by atoms with E-state index in [0.717, 1.165) is 47.0 Å². The molecule has 5 aromatic rings. The zero-order chi connectivity index (χ0) is 39.5. The second-order valence-corrected chi connectivity index (χ2v) is 16.6. The molecule has 0 aliphatic heterocycles. The summed E-state index contributed by atoms with van der Waals surface area (Å²) in [5.41, 5.74) is 4.31. The third-order valence-corrected chi connectivity index (χ3v) is 11.6. The number of hydrogen-bond acceptors (Lipinski definition) is 13. The van der Waals surface area contributed by atoms with E-state index in [1.165, 1.54) is 0 Å². The largest absolute Gasteiger partial charge is 0.393 e. The van der Waals surface area contributed by atoms with E-state index in [4.69, 9.17) is 0 Å². The van der Waals surface area contributed by atoms with Crippen molar-refractivity contribution in [1.29, 1.82) is 10.5 Å². The van der Waals surface area contributed by atoms with Crippen LogP contribution in [0.25, 0.3) is 10.9 Å². The van der Waals surface area contributed by atoms with Gasteiger partial charge in [-0.15, -0.1) is 0 Å². The first-order valence-corrected chi connectivity index (χ1v) is 19.4. The molecule has 15 nitrogen and oxygen atoms in total. The lowest BCUT2D eigenvalue weighted by molar-refractivity contribution is -0.00852. The summed E-state index contributed by atoms with van der Waals surface area (Å²) in [5.74, 6) is 1.68. The van der Waals surface area contributed by atoms with Gasteiger partial charge in [-0.05, 0) is 72.6 Å². The maximum absolute atomic E-state index is 11.8. The van der Waals surface area contributed by atoms with E-state index < -0.39 is 11.5 Å². The Hall–Kier alpha value is -5.77. The molecule has 2 aliphatic rings. The predicted octanol–water partition coefficient (Wildman–Crippen LogP) is 5.62. The molecule has 0 spiro atoms. The predicted molar refractivity (Wildman–Crippen MR) is 215 cm³/mol. The van der Waals surface area contributed by atoms with Crippen molar-refractivity contribution in [3.8, 4) is 12.1 Å². The normalized spacial score (nSPS) is 22.8. The molecule has 5 atom stereocenters. The summed E-state index contributed by atoms with van der Waals surface area (Å²) < 4.78 is 0. The molecule has 0 bridgehead atoms. The molecule has 15 heteroatoms. The molecule has 0 amide bonds. The minimum absolute atomic E-state index is 0.0564. The smallest absolute Gasteiger partial charge is 0.224 e. The summed E-state index contributed by atoms with van der Waals surface area (Å²) in [7, 11) is 0. The minimum Gasteiger partial charge on any atom is -0.393 e. The van der Waals surface area contributed by atoms with Gasteiger partial charge in [0.25, 0.3) is 0 Å². The molecule has 2 saturated carbocycles. The Bertz CT molecular complexity index is 2220. The number of aliphatic hydroxyl groups excluding tert-OH is 2. The van der Waals surface area contributed by atoms with Gasteiger partial charge in [0.1, 0.15) is 34.9 Å². The van der Waals surface area contributed by atoms with Gasteiger partial charge < -0.3 is 36.5 Å². The number of rotatable bonds is 13. The fraction of sp³-hybridized carbons (Fsp3) is 0.488. The highest BCUT2D eigenvalue weighted by molar-refractivity contribution is 5.86. The Balaban J connectivity index is 1.03. The van der Waals surface area contributed by atoms with Gasteiger partial charge >= 0.3 is 0 Å². The number of aliphatic hydroxyl groups is 2. The van der Waals surface area contributed by atoms with Gasteiger partial charge in [-0.2, -0.15) is 25.6 Å². The van der Waals surface area contributed by atoms with Crippen molar-refractivity contribution in [2.75, 3.05) is 34.4 Å². The number of nitrogens with zero attached hydrogens (tertiary/aromatic N) is 7. The van der Waals surface area contributed by atoms with Crippen LogP contribution in [0.3, 0.4) is 0 Å². The van der Waals surface area contributed by atoms with Crippen LogP contribution in [-0.4, -0.2) is 82.7 Å². The highest BCUT2D eigenvalue weighted by Crippen LogP contribution is 2.46. The molecule has 292 valence electrons. The Morgan fingerprint density at radius 2 is 1.48 bits per heavy atom. The maximum atomic E-state index is 11.8. The van der Waals surface area contributed by atoms with Gasteiger partial charge in [-0.3, -0.25) is 5.10 Å². The zero-order valence-electron chi connectivity index (χ0n) is 32.4. The highest BCUT2D eigenvalue weighted by atomic mass is 16.3. The Morgan fingerprint density at radius 3 is 2.12 bits per heavy atom. The zero-order valence-corrected chi connectivity index (χ0v) is 32.4. The minimum atomic E-state index is -0.590. The number of fused-ring (bicyclic) bond motifs is 1. The first kappa shape index (κ1) is 38.5. The van der Waals surface area contributed by atoms with E-state index >= 15 is 0 Å². The number of nitriles is 2. The summed E-state index contributed by atoms with van der Waals surface area (Å²) in [6, 6.07) is 12.7. The van der Waals surface area contributed by atoms with E-state index in [1.807, 2.05) is 12.3 Å². The van der Waals surface area contributed by atoms with Crippen LogP contribution in [-0.2, 0) is 12.8 Å². The van der Waals surface area contributed by atoms with E-state index in [9.17, 15) is 20.7 Å². The van der Waals surface area contributed by atoms with Gasteiger partial charge in [-0.25, -0.2) is 9.97 Å². The van der Waals surface area contributed by atoms with Crippen LogP contribution in [0.1, 0.15) is 93.7 Å². The molecule has 8 N–H and O–H groups in total. The average Bonchev–Trinajstić information content (AvgIpc) is 3.88. The fourth-order valence-electron chi connectivity index (χ4n) is 8.49. The molecule has 0 saturated heterocycles. The van der Waals surface area contributed by atoms with Gasteiger partial charge in [0.15, 0.2) is 0 Å². The standard InChI is InChI=1S/C41H51N13O2/c1-40(2)18-28(6-8-33(40)55)50-36-25(20-42)22-47-38(52-36)45-13-9-24-5-7-30(31-12-15-44-34(24)31)32-17-29(19-41(3,4)35(32)56)51-37-26(21-43)23-48-39(53-37)46-14-10-27-11-16-49-54-27/h5,7,11-12,15-16,22-23,28-29,32-33,35,44,55-56H,6,8-10,13-14,17-19H2,1-4H3,(H,49,54)(H2,45,47,50,52)(H2,46,48,51,53)/t28-,29-,32?,33+,35+/m1/s1. The van der Waals surface area contributed by atoms with Crippen molar-refractivity contribution in [3.05, 3.63) is 77.0 Å². The summed E-state index contributed by atoms with van der Waals surface area (Å²) in [6.45, 7) is 9.48. The van der Waals surface area contributed by atoms with Gasteiger partial charge in [0.05, 0.1) is 24.6 Å². The van der Waals surface area contributed by atoms with Crippen LogP contribution in [0.4, 0.5) is 23.5 Å². The summed E-state index contributed by atoms with van der Waals surface area (Å²) in [5, 5.41) is 63.4. The van der Waals surface area contributed by atoms with Gasteiger partial charge in [0.2, 0.25) is 11.9 Å². The average molecular weight is 758 g/mol. The van der Waals surface area contributed by atoms with Crippen LogP contribution >= 0.6 is 0 Å². The van der Waals surface area contributed by atoms with Crippen LogP contribution < -0.4 is 21.3 Å². The van der Waals surface area contributed by atoms with Crippen molar-refractivity contribution in [3.63, 3.8) is 0 Å². The van der Waals surface area contributed by atoms with E-state index in [1.54, 1.807) is 18.6 Å². The number of aromatic amines is 2. The Morgan fingerprint density at radius 1 is 0.821 bits per heavy atom. The second-order valence-electron chi connectivity index (χ2n) is 16.6. The molecule has 4 aromatic heterocycles. The van der Waals surface area contributed by atoms with Crippen LogP contribution in [0.2, 0.25) is 0 Å². The second kappa shape index (κ2) is 16.1. The monoisotopic (exact) mass is 757 g/mol. The van der Waals surface area contributed by atoms with Crippen molar-refractivity contribution in [1.82, 2.24) is 35.1 Å². The molecule has 2 aliphatic carbocycles. The summed E-state index contributed by atoms with van der Waals surface area (Å²) in [4.78, 5) is 21.5. The molecule has 2 fully saturated rings. The van der Waals surface area contributed by atoms with Gasteiger partial charge in [0, 0.05) is 66.5 Å². The Labute approximate surface area is 326 Å². The molecule has 4 heterocycles. The van der Waals surface area contributed by atoms with Crippen LogP contribution in [0.15, 0.2) is 49.1 Å². The third kappa shape index (κ3) is 8.39. The Kier molecular flexibility index (Phi) is 11.1. The van der Waals surface area contributed by atoms with Crippen molar-refractivity contribution in [2.45, 2.75) is 103 Å². The van der Waals surface area contributed by atoms with Crippen LogP contribution in [0.5, 0.6) is 0 Å². The lowest BCUT2D eigenvalue weighted by atomic mass is 9.65. The molecule has 56 heavy (non-hydrogen) atoms. The van der Waals surface area contributed by atoms with Crippen molar-refractivity contribution >= 4 is 34.4 Å². The van der Waals surface area contributed by atoms with E-state index in [2.05, 4.69) is 114 Å². The summed E-state index contributed by atoms with van der Waals surface area (Å²) >= 11 is 0. The molecule has 7 rings (SSSR count). The molecule has 1 aromatic carbocycles. The van der Waals surface area contributed by atoms with E-state index in [-0.39, 0.29) is 29.5 Å².